The van der Waals surface area contributed by atoms with Crippen molar-refractivity contribution < 1.29 is 56.8 Å². The molecule has 124 heavy (non-hydrogen) atoms. The fourth-order valence-corrected chi connectivity index (χ4v) is 16.1. The number of benzene rings is 18. The normalized spacial score (nSPS) is 15.9. The van der Waals surface area contributed by atoms with Crippen molar-refractivity contribution in [2.45, 2.75) is 0 Å². The Morgan fingerprint density at radius 1 is 0.242 bits per heavy atom. The monoisotopic (exact) mass is 1620 g/mol. The highest BCUT2D eigenvalue weighted by Crippen LogP contribution is 2.51. The molecule has 0 N–H and O–H groups in total. The number of nitriles is 2. The topological polar surface area (TPSA) is 98.3 Å². The molecule has 0 fully saturated rings. The maximum atomic E-state index is 10.2. The van der Waals surface area contributed by atoms with E-state index in [1.54, 1.807) is 6.07 Å². The molecular weight excluding hydrogens is 1520 g/mol. The zero-order valence-corrected chi connectivity index (χ0v) is 63.7. The quantitative estimate of drug-likeness (QED) is 0.148. The predicted octanol–water partition coefficient (Wildman–Crippen LogP) is 29.7. The number of anilines is 3. The maximum Gasteiger partial charge on any atom is 0.189 e. The lowest BCUT2D eigenvalue weighted by atomic mass is 10.1. The van der Waals surface area contributed by atoms with Crippen LogP contribution in [0.3, 0.4) is 0 Å². The second kappa shape index (κ2) is 30.4. The van der Waals surface area contributed by atoms with Gasteiger partial charge in [0, 0.05) is 71.7 Å². The summed E-state index contributed by atoms with van der Waals surface area (Å²) < 4.78 is 345. The van der Waals surface area contributed by atoms with Gasteiger partial charge < -0.3 is 37.0 Å². The number of para-hydroxylation sites is 16. The molecule has 0 bridgehead atoms. The lowest BCUT2D eigenvalue weighted by Gasteiger charge is -2.32. The van der Waals surface area contributed by atoms with Crippen molar-refractivity contribution in [2.75, 3.05) is 4.90 Å². The van der Waals surface area contributed by atoms with Crippen LogP contribution in [0.4, 0.5) is 28.4 Å². The second-order valence-electron chi connectivity index (χ2n) is 27.8. The molecule has 24 aromatic rings. The van der Waals surface area contributed by atoms with E-state index in [-0.39, 0.29) is 84.5 Å². The molecule has 0 spiro atoms. The summed E-state index contributed by atoms with van der Waals surface area (Å²) in [7, 11) is 0. The summed E-state index contributed by atoms with van der Waals surface area (Å²) in [6, 6.07) is 37.1. The molecular formula is C112H69N11O. The van der Waals surface area contributed by atoms with Crippen LogP contribution >= 0.6 is 0 Å². The Labute approximate surface area is 765 Å². The van der Waals surface area contributed by atoms with Crippen molar-refractivity contribution in [3.05, 3.63) is 452 Å². The summed E-state index contributed by atoms with van der Waals surface area (Å²) in [5.41, 5.74) is 2.01. The number of rotatable bonds is 7. The van der Waals surface area contributed by atoms with E-state index in [9.17, 15) is 10.7 Å². The van der Waals surface area contributed by atoms with Crippen molar-refractivity contribution in [1.29, 1.82) is 10.5 Å². The molecule has 1 aliphatic heterocycles. The zero-order chi connectivity index (χ0) is 116. The molecule has 0 atom stereocenters. The first-order valence-corrected chi connectivity index (χ1v) is 38.0. The SMILES string of the molecule is N#Cc1cccc(N2c3ccccc3Oc3ccccc32)c1.[2H]c1c([2H])c(-n2c3c([2H])c([2H])c([2H])c([2H])c3c3c([2H])c([2H])c([2H])c([2H])c32)c(-n2c3c([2H])c([2H])c([2H])c([2H])c3c3c([2H])c([2H])c([2H])c([2H])c32)c([2H])c1C#N.[2H]c1c([2H])c(-n2c3ccccc3c3ccccc32)c(-n2c3ccccc3c3ccccc32)c([2H])c1[N+]#[C-].[2H]c1c([2H])c([2H])c2c(c1[2H])c1c([2H])c([2H])c([2H])c([2H])c1n2-c1ccc([N+]#[C-])cc1-n1c2c([2H])c([2H])c([2H])c([2H])c2c2c([2H])c([2H])c([2H])c([2H])c21. The van der Waals surface area contributed by atoms with Gasteiger partial charge in [-0.1, -0.05) is 260 Å². The van der Waals surface area contributed by atoms with E-state index in [1.165, 1.54) is 22.8 Å². The first kappa shape index (κ1) is 43.2. The lowest BCUT2D eigenvalue weighted by molar-refractivity contribution is 0.477. The Balaban J connectivity index is 0.000000124. The largest absolute Gasteiger partial charge is 0.453 e. The van der Waals surface area contributed by atoms with Gasteiger partial charge in [0.2, 0.25) is 0 Å². The van der Waals surface area contributed by atoms with Gasteiger partial charge in [-0.25, -0.2) is 9.69 Å². The van der Waals surface area contributed by atoms with Gasteiger partial charge in [-0.3, -0.25) is 0 Å². The lowest BCUT2D eigenvalue weighted by Crippen LogP contribution is -2.15. The molecule has 0 aliphatic carbocycles. The van der Waals surface area contributed by atoms with Crippen LogP contribution in [0.2, 0.25) is 0 Å². The van der Waals surface area contributed by atoms with Crippen molar-refractivity contribution in [1.82, 2.24) is 27.4 Å². The molecule has 0 radical (unpaired) electrons. The van der Waals surface area contributed by atoms with Crippen LogP contribution in [0.15, 0.2) is 418 Å². The molecule has 578 valence electrons. The van der Waals surface area contributed by atoms with Gasteiger partial charge in [-0.2, -0.15) is 10.5 Å². The van der Waals surface area contributed by atoms with Crippen molar-refractivity contribution >= 4 is 159 Å². The third kappa shape index (κ3) is 11.9. The standard InChI is InChI=1S/3C31H19N3.C19H12N2O/c2*1-32-21-18-19-30(33-26-14-6-2-10-22(26)23-11-3-7-15-27(23)33)31(20-21)34-28-16-8-4-12-24(28)25-13-5-9-17-29(25)34;32-20-21-17-18-30(33-26-13-5-1-9-22(26)23-10-2-6-14-27(23)33)31(19-21)34-28-15-7-3-11-24(28)25-12-4-8-16-29(25)34;20-13-14-6-5-7-15(12-14)21-16-8-1-3-10-18(16)22-19-11-4-2-9-17(19)21/h2*2-20H;1-19H;1-12H/i2D,3D,4D,5D,6D,7D,8D,9D,10D,11D,12D,13D,14D,15D,16D,17D;18D,19D,20D;1D,2D,3D,4D,5D,6D,7D,8D,9D,10D,11D,12D,13D,14D,15D,16D,17D,18D,19D;. The summed E-state index contributed by atoms with van der Waals surface area (Å²) >= 11 is 0. The molecule has 12 heteroatoms. The van der Waals surface area contributed by atoms with E-state index in [0.29, 0.717) is 16.9 Å². The third-order valence-electron chi connectivity index (χ3n) is 21.2. The minimum atomic E-state index is -0.942. The Hall–Kier alpha value is -17.7. The second-order valence-corrected chi connectivity index (χ2v) is 27.8. The van der Waals surface area contributed by atoms with Crippen LogP contribution < -0.4 is 9.64 Å². The molecule has 12 nitrogen and oxygen atoms in total. The summed E-state index contributed by atoms with van der Waals surface area (Å²) in [6.07, 6.45) is 0. The molecule has 6 aromatic heterocycles. The number of nitrogens with zero attached hydrogens (tertiary/aromatic N) is 11. The number of ether oxygens (including phenoxy) is 1. The fourth-order valence-electron chi connectivity index (χ4n) is 16.1. The van der Waals surface area contributed by atoms with Gasteiger partial charge in [0.05, 0.1) is 199 Å². The Morgan fingerprint density at radius 2 is 0.565 bits per heavy atom. The average Bonchev–Trinajstić information content (AvgIpc) is 1.53. The summed E-state index contributed by atoms with van der Waals surface area (Å²) in [6.45, 7) is 15.5. The molecule has 0 amide bonds. The molecule has 0 saturated heterocycles. The number of fused-ring (bicyclic) bond motifs is 20. The Bertz CT molecular complexity index is 10700. The Morgan fingerprint density at radius 3 is 0.960 bits per heavy atom. The van der Waals surface area contributed by atoms with Crippen LogP contribution in [0, 0.1) is 35.8 Å². The van der Waals surface area contributed by atoms with E-state index in [0.717, 1.165) is 85.9 Å². The molecule has 0 saturated carbocycles. The first-order chi connectivity index (χ1) is 77.2. The average molecular weight is 1620 g/mol. The number of hydrogen-bond donors (Lipinski definition) is 0. The Kier molecular flexibility index (Phi) is 10.6. The van der Waals surface area contributed by atoms with E-state index in [4.69, 9.17) is 69.7 Å². The minimum Gasteiger partial charge on any atom is -0.453 e. The van der Waals surface area contributed by atoms with Gasteiger partial charge in [0.25, 0.3) is 0 Å². The fraction of sp³-hybridized carbons (Fsp3) is 0. The number of hydrogen-bond acceptors (Lipinski definition) is 4. The minimum absolute atomic E-state index is 0.0370. The summed E-state index contributed by atoms with van der Waals surface area (Å²) in [4.78, 5) is 9.15. The van der Waals surface area contributed by atoms with Gasteiger partial charge in [0.15, 0.2) is 22.9 Å². The van der Waals surface area contributed by atoms with Crippen molar-refractivity contribution in [3.8, 4) is 57.8 Å². The summed E-state index contributed by atoms with van der Waals surface area (Å²) in [5.74, 6) is 1.62. The smallest absolute Gasteiger partial charge is 0.189 e. The summed E-state index contributed by atoms with van der Waals surface area (Å²) in [5, 5.41) is 20.7. The van der Waals surface area contributed by atoms with E-state index < -0.39 is 272 Å². The van der Waals surface area contributed by atoms with Crippen molar-refractivity contribution in [3.63, 3.8) is 0 Å². The van der Waals surface area contributed by atoms with E-state index in [2.05, 4.69) is 32.8 Å². The van der Waals surface area contributed by atoms with Crippen molar-refractivity contribution in [2.24, 2.45) is 0 Å². The highest BCUT2D eigenvalue weighted by molar-refractivity contribution is 6.16. The third-order valence-corrected chi connectivity index (χ3v) is 21.2. The highest BCUT2D eigenvalue weighted by atomic mass is 16.5. The maximum absolute atomic E-state index is 10.2. The van der Waals surface area contributed by atoms with Crippen LogP contribution in [0.5, 0.6) is 11.5 Å². The molecule has 1 aliphatic rings. The van der Waals surface area contributed by atoms with Gasteiger partial charge in [-0.15, -0.1) is 0 Å². The van der Waals surface area contributed by atoms with Gasteiger partial charge in [-0.05, 0) is 157 Å². The van der Waals surface area contributed by atoms with Crippen LogP contribution in [0.25, 0.3) is 175 Å². The van der Waals surface area contributed by atoms with Gasteiger partial charge in [0.1, 0.15) is 0 Å². The molecule has 0 unspecified atom stereocenters. The van der Waals surface area contributed by atoms with Crippen LogP contribution in [0.1, 0.15) is 63.2 Å². The van der Waals surface area contributed by atoms with E-state index in [1.807, 2.05) is 167 Å². The first-order valence-electron chi connectivity index (χ1n) is 57.0. The molecule has 25 rings (SSSR count). The predicted molar refractivity (Wildman–Crippen MR) is 509 cm³/mol. The highest BCUT2D eigenvalue weighted by Gasteiger charge is 2.28. The van der Waals surface area contributed by atoms with Gasteiger partial charge >= 0.3 is 0 Å². The van der Waals surface area contributed by atoms with E-state index >= 15 is 0 Å². The molecule has 18 aromatic carbocycles. The van der Waals surface area contributed by atoms with Crippen LogP contribution in [-0.2, 0) is 0 Å². The number of aromatic nitrogens is 6. The molecule has 7 heterocycles. The van der Waals surface area contributed by atoms with Crippen LogP contribution in [-0.4, -0.2) is 27.4 Å². The zero-order valence-electron chi connectivity index (χ0n) is 102.